The van der Waals surface area contributed by atoms with E-state index in [1.807, 2.05) is 0 Å². The molecule has 0 amide bonds. The molecule has 0 atom stereocenters. The van der Waals surface area contributed by atoms with E-state index in [-0.39, 0.29) is 12.1 Å². The summed E-state index contributed by atoms with van der Waals surface area (Å²) in [4.78, 5) is 3.66. The van der Waals surface area contributed by atoms with Crippen molar-refractivity contribution in [3.63, 3.8) is 0 Å². The van der Waals surface area contributed by atoms with E-state index in [4.69, 9.17) is 5.11 Å². The second-order valence-corrected chi connectivity index (χ2v) is 3.31. The highest BCUT2D eigenvalue weighted by molar-refractivity contribution is 5.35. The molecule has 2 rings (SSSR count). The predicted molar refractivity (Wildman–Crippen MR) is 46.8 cm³/mol. The molecule has 1 saturated carbocycles. The Balaban J connectivity index is 1.94. The van der Waals surface area contributed by atoms with Gasteiger partial charge in [-0.15, -0.1) is 0 Å². The molecule has 0 aromatic carbocycles. The number of hydrogen-bond acceptors (Lipinski definition) is 3. The Hall–Kier alpha value is -1.16. The zero-order chi connectivity index (χ0) is 9.26. The maximum Gasteiger partial charge on any atom is 0.214 e. The highest BCUT2D eigenvalue weighted by Gasteiger charge is 2.26. The minimum absolute atomic E-state index is 0.203. The molecule has 4 heteroatoms. The van der Waals surface area contributed by atoms with Crippen LogP contribution in [-0.4, -0.2) is 22.2 Å². The SMILES string of the molecule is OC1CC(Nc2cccc(F)n2)C1. The van der Waals surface area contributed by atoms with Crippen LogP contribution in [0.2, 0.25) is 0 Å². The van der Waals surface area contributed by atoms with Crippen LogP contribution >= 0.6 is 0 Å². The molecule has 1 aliphatic rings. The van der Waals surface area contributed by atoms with Crippen LogP contribution in [0.5, 0.6) is 0 Å². The number of nitrogens with one attached hydrogen (secondary N) is 1. The fourth-order valence-corrected chi connectivity index (χ4v) is 1.40. The Bertz CT molecular complexity index is 299. The van der Waals surface area contributed by atoms with Crippen LogP contribution in [0, 0.1) is 5.95 Å². The topological polar surface area (TPSA) is 45.1 Å². The fraction of sp³-hybridized carbons (Fsp3) is 0.444. The summed E-state index contributed by atoms with van der Waals surface area (Å²) in [6.07, 6.45) is 1.24. The standard InChI is InChI=1S/C9H11FN2O/c10-8-2-1-3-9(12-8)11-6-4-7(13)5-6/h1-3,6-7,13H,4-5H2,(H,11,12). The summed E-state index contributed by atoms with van der Waals surface area (Å²) in [5.41, 5.74) is 0. The number of hydrogen-bond donors (Lipinski definition) is 2. The maximum absolute atomic E-state index is 12.6. The van der Waals surface area contributed by atoms with E-state index in [1.54, 1.807) is 12.1 Å². The lowest BCUT2D eigenvalue weighted by Gasteiger charge is -2.32. The van der Waals surface area contributed by atoms with Gasteiger partial charge in [0.1, 0.15) is 5.82 Å². The minimum Gasteiger partial charge on any atom is -0.393 e. The van der Waals surface area contributed by atoms with Crippen molar-refractivity contribution in [3.8, 4) is 0 Å². The normalized spacial score (nSPS) is 26.6. The van der Waals surface area contributed by atoms with Gasteiger partial charge in [-0.1, -0.05) is 6.07 Å². The van der Waals surface area contributed by atoms with Crippen molar-refractivity contribution in [2.45, 2.75) is 25.0 Å². The molecule has 3 nitrogen and oxygen atoms in total. The molecular formula is C9H11FN2O. The molecule has 0 unspecified atom stereocenters. The number of anilines is 1. The molecule has 1 aliphatic carbocycles. The summed E-state index contributed by atoms with van der Waals surface area (Å²) >= 11 is 0. The van der Waals surface area contributed by atoms with E-state index in [2.05, 4.69) is 10.3 Å². The Labute approximate surface area is 75.6 Å². The van der Waals surface area contributed by atoms with E-state index in [1.165, 1.54) is 6.07 Å². The Morgan fingerprint density at radius 1 is 1.46 bits per heavy atom. The van der Waals surface area contributed by atoms with E-state index in [0.29, 0.717) is 5.82 Å². The van der Waals surface area contributed by atoms with E-state index in [9.17, 15) is 4.39 Å². The largest absolute Gasteiger partial charge is 0.393 e. The third kappa shape index (κ3) is 1.95. The van der Waals surface area contributed by atoms with Gasteiger partial charge in [-0.2, -0.15) is 4.39 Å². The molecule has 0 saturated heterocycles. The second kappa shape index (κ2) is 3.30. The minimum atomic E-state index is -0.482. The van der Waals surface area contributed by atoms with E-state index < -0.39 is 5.95 Å². The first kappa shape index (κ1) is 8.44. The molecule has 0 aliphatic heterocycles. The second-order valence-electron chi connectivity index (χ2n) is 3.31. The summed E-state index contributed by atoms with van der Waals surface area (Å²) in [7, 11) is 0. The lowest BCUT2D eigenvalue weighted by atomic mass is 9.89. The summed E-state index contributed by atoms with van der Waals surface area (Å²) in [6.45, 7) is 0. The van der Waals surface area contributed by atoms with Crippen molar-refractivity contribution in [2.75, 3.05) is 5.32 Å². The first-order valence-corrected chi connectivity index (χ1v) is 4.31. The van der Waals surface area contributed by atoms with Crippen LogP contribution in [0.4, 0.5) is 10.2 Å². The fourth-order valence-electron chi connectivity index (χ4n) is 1.40. The van der Waals surface area contributed by atoms with Crippen LogP contribution < -0.4 is 5.32 Å². The third-order valence-corrected chi connectivity index (χ3v) is 2.18. The number of rotatable bonds is 2. The summed E-state index contributed by atoms with van der Waals surface area (Å²) in [5.74, 6) is 0.0572. The van der Waals surface area contributed by atoms with Crippen molar-refractivity contribution in [1.82, 2.24) is 4.98 Å². The smallest absolute Gasteiger partial charge is 0.214 e. The van der Waals surface area contributed by atoms with Crippen molar-refractivity contribution in [2.24, 2.45) is 0 Å². The highest BCUT2D eigenvalue weighted by Crippen LogP contribution is 2.22. The molecule has 1 aromatic heterocycles. The third-order valence-electron chi connectivity index (χ3n) is 2.18. The van der Waals surface area contributed by atoms with Gasteiger partial charge in [-0.25, -0.2) is 4.98 Å². The van der Waals surface area contributed by atoms with Crippen molar-refractivity contribution < 1.29 is 9.50 Å². The summed E-state index contributed by atoms with van der Waals surface area (Å²) in [6, 6.07) is 4.87. The first-order chi connectivity index (χ1) is 6.24. The number of halogens is 1. The lowest BCUT2D eigenvalue weighted by molar-refractivity contribution is 0.0835. The highest BCUT2D eigenvalue weighted by atomic mass is 19.1. The number of nitrogens with zero attached hydrogens (tertiary/aromatic N) is 1. The number of pyridine rings is 1. The maximum atomic E-state index is 12.6. The summed E-state index contributed by atoms with van der Waals surface area (Å²) in [5, 5.41) is 12.1. The Morgan fingerprint density at radius 3 is 2.85 bits per heavy atom. The van der Waals surface area contributed by atoms with Gasteiger partial charge >= 0.3 is 0 Å². The van der Waals surface area contributed by atoms with Crippen LogP contribution in [0.3, 0.4) is 0 Å². The molecule has 0 spiro atoms. The van der Waals surface area contributed by atoms with Gasteiger partial charge in [0.25, 0.3) is 0 Å². The number of aliphatic hydroxyl groups excluding tert-OH is 1. The lowest BCUT2D eigenvalue weighted by Crippen LogP contribution is -2.39. The molecular weight excluding hydrogens is 171 g/mol. The molecule has 1 aromatic rings. The van der Waals surface area contributed by atoms with Crippen LogP contribution in [-0.2, 0) is 0 Å². The zero-order valence-electron chi connectivity index (χ0n) is 7.07. The average Bonchev–Trinajstić information content (AvgIpc) is 2.01. The molecule has 13 heavy (non-hydrogen) atoms. The quantitative estimate of drug-likeness (QED) is 0.674. The van der Waals surface area contributed by atoms with Crippen molar-refractivity contribution in [3.05, 3.63) is 24.1 Å². The molecule has 0 radical (unpaired) electrons. The molecule has 70 valence electrons. The Kier molecular flexibility index (Phi) is 2.14. The Morgan fingerprint density at radius 2 is 2.23 bits per heavy atom. The van der Waals surface area contributed by atoms with Gasteiger partial charge in [0, 0.05) is 6.04 Å². The monoisotopic (exact) mass is 182 g/mol. The molecule has 1 heterocycles. The van der Waals surface area contributed by atoms with Gasteiger partial charge in [0.2, 0.25) is 5.95 Å². The van der Waals surface area contributed by atoms with E-state index >= 15 is 0 Å². The van der Waals surface area contributed by atoms with Crippen LogP contribution in [0.1, 0.15) is 12.8 Å². The summed E-state index contributed by atoms with van der Waals surface area (Å²) < 4.78 is 12.6. The van der Waals surface area contributed by atoms with Gasteiger partial charge in [-0.3, -0.25) is 0 Å². The van der Waals surface area contributed by atoms with Crippen molar-refractivity contribution in [1.29, 1.82) is 0 Å². The number of aromatic nitrogens is 1. The molecule has 1 fully saturated rings. The molecule has 2 N–H and O–H groups in total. The van der Waals surface area contributed by atoms with Crippen LogP contribution in [0.25, 0.3) is 0 Å². The van der Waals surface area contributed by atoms with Gasteiger partial charge in [0.15, 0.2) is 0 Å². The number of aliphatic hydroxyl groups is 1. The van der Waals surface area contributed by atoms with Gasteiger partial charge in [0.05, 0.1) is 6.10 Å². The van der Waals surface area contributed by atoms with Gasteiger partial charge in [-0.05, 0) is 25.0 Å². The van der Waals surface area contributed by atoms with Crippen LogP contribution in [0.15, 0.2) is 18.2 Å². The first-order valence-electron chi connectivity index (χ1n) is 4.31. The predicted octanol–water partition coefficient (Wildman–Crippen LogP) is 1.16. The van der Waals surface area contributed by atoms with Crippen molar-refractivity contribution >= 4 is 5.82 Å². The van der Waals surface area contributed by atoms with Gasteiger partial charge < -0.3 is 10.4 Å². The zero-order valence-corrected chi connectivity index (χ0v) is 7.07. The molecule has 0 bridgehead atoms. The average molecular weight is 182 g/mol. The van der Waals surface area contributed by atoms with E-state index in [0.717, 1.165) is 12.8 Å².